The van der Waals surface area contributed by atoms with Crippen LogP contribution in [0.3, 0.4) is 0 Å². The number of nitrogens with one attached hydrogen (secondary N) is 1. The fraction of sp³-hybridized carbons (Fsp3) is 0.250. The van der Waals surface area contributed by atoms with Crippen molar-refractivity contribution in [2.75, 3.05) is 36.1 Å². The quantitative estimate of drug-likeness (QED) is 0.647. The third kappa shape index (κ3) is 3.03. The van der Waals surface area contributed by atoms with Crippen LogP contribution in [0.2, 0.25) is 0 Å². The second-order valence-electron chi connectivity index (χ2n) is 5.03. The van der Waals surface area contributed by atoms with Gasteiger partial charge in [0.05, 0.1) is 12.7 Å². The number of benzene rings is 2. The Bertz CT molecular complexity index is 561. The molecule has 1 heterocycles. The number of hydrogen-bond acceptors (Lipinski definition) is 4. The first-order valence-corrected chi connectivity index (χ1v) is 6.77. The molecule has 104 valence electrons. The summed E-state index contributed by atoms with van der Waals surface area (Å²) >= 11 is 0. The number of epoxide rings is 1. The van der Waals surface area contributed by atoms with Crippen LogP contribution in [-0.4, -0.2) is 26.3 Å². The predicted molar refractivity (Wildman–Crippen MR) is 83.6 cm³/mol. The van der Waals surface area contributed by atoms with Gasteiger partial charge in [-0.15, -0.1) is 0 Å². The molecule has 1 fully saturated rings. The molecule has 1 aliphatic heterocycles. The molecule has 0 spiro atoms. The lowest BCUT2D eigenvalue weighted by Gasteiger charge is -2.20. The summed E-state index contributed by atoms with van der Waals surface area (Å²) < 4.78 is 5.18. The summed E-state index contributed by atoms with van der Waals surface area (Å²) in [4.78, 5) is 2.13. The Hall–Kier alpha value is -2.20. The molecular formula is C16H19N3O. The van der Waals surface area contributed by atoms with E-state index in [1.807, 2.05) is 31.3 Å². The molecule has 0 radical (unpaired) electrons. The van der Waals surface area contributed by atoms with Crippen molar-refractivity contribution in [2.24, 2.45) is 0 Å². The van der Waals surface area contributed by atoms with Crippen molar-refractivity contribution in [3.05, 3.63) is 48.5 Å². The molecule has 1 saturated heterocycles. The Balaban J connectivity index is 1.67. The zero-order valence-corrected chi connectivity index (χ0v) is 11.5. The zero-order valence-electron chi connectivity index (χ0n) is 11.5. The Morgan fingerprint density at radius 1 is 1.10 bits per heavy atom. The maximum Gasteiger partial charge on any atom is 0.0981 e. The third-order valence-corrected chi connectivity index (χ3v) is 3.47. The van der Waals surface area contributed by atoms with Crippen molar-refractivity contribution in [3.63, 3.8) is 0 Å². The van der Waals surface area contributed by atoms with Gasteiger partial charge in [-0.1, -0.05) is 0 Å². The Labute approximate surface area is 119 Å². The molecule has 0 amide bonds. The molecule has 1 unspecified atom stereocenters. The molecule has 0 saturated carbocycles. The average Bonchev–Trinajstić information content (AvgIpc) is 3.30. The summed E-state index contributed by atoms with van der Waals surface area (Å²) in [7, 11) is 2.05. The van der Waals surface area contributed by atoms with Gasteiger partial charge in [-0.25, -0.2) is 0 Å². The van der Waals surface area contributed by atoms with Crippen LogP contribution >= 0.6 is 0 Å². The maximum atomic E-state index is 5.71. The lowest BCUT2D eigenvalue weighted by molar-refractivity contribution is 0.417. The highest BCUT2D eigenvalue weighted by atomic mass is 16.6. The van der Waals surface area contributed by atoms with Crippen LogP contribution in [0.15, 0.2) is 48.5 Å². The second kappa shape index (κ2) is 5.43. The van der Waals surface area contributed by atoms with Gasteiger partial charge in [0, 0.05) is 36.3 Å². The van der Waals surface area contributed by atoms with Gasteiger partial charge in [-0.3, -0.25) is 0 Å². The van der Waals surface area contributed by atoms with Crippen LogP contribution in [0.1, 0.15) is 0 Å². The van der Waals surface area contributed by atoms with E-state index in [0.29, 0.717) is 6.10 Å². The molecule has 2 aromatic rings. The third-order valence-electron chi connectivity index (χ3n) is 3.47. The van der Waals surface area contributed by atoms with Crippen molar-refractivity contribution in [3.8, 4) is 0 Å². The molecule has 0 aromatic heterocycles. The van der Waals surface area contributed by atoms with E-state index in [9.17, 15) is 0 Å². The van der Waals surface area contributed by atoms with E-state index in [1.54, 1.807) is 0 Å². The minimum Gasteiger partial charge on any atom is -0.399 e. The van der Waals surface area contributed by atoms with Gasteiger partial charge in [0.2, 0.25) is 0 Å². The maximum absolute atomic E-state index is 5.71. The molecule has 1 atom stereocenters. The van der Waals surface area contributed by atoms with Gasteiger partial charge in [-0.2, -0.15) is 0 Å². The van der Waals surface area contributed by atoms with Gasteiger partial charge < -0.3 is 20.7 Å². The van der Waals surface area contributed by atoms with Gasteiger partial charge >= 0.3 is 0 Å². The monoisotopic (exact) mass is 269 g/mol. The molecular weight excluding hydrogens is 250 g/mol. The average molecular weight is 269 g/mol. The molecule has 2 aromatic carbocycles. The number of nitrogen functional groups attached to an aromatic ring is 1. The van der Waals surface area contributed by atoms with Crippen LogP contribution < -0.4 is 16.0 Å². The summed E-state index contributed by atoms with van der Waals surface area (Å²) in [5.41, 5.74) is 9.87. The van der Waals surface area contributed by atoms with Crippen LogP contribution in [-0.2, 0) is 4.74 Å². The van der Waals surface area contributed by atoms with E-state index in [2.05, 4.69) is 34.5 Å². The smallest absolute Gasteiger partial charge is 0.0981 e. The van der Waals surface area contributed by atoms with E-state index in [0.717, 1.165) is 35.9 Å². The highest BCUT2D eigenvalue weighted by Gasteiger charge is 2.21. The number of rotatable bonds is 5. The molecule has 3 N–H and O–H groups in total. The second-order valence-corrected chi connectivity index (χ2v) is 5.03. The topological polar surface area (TPSA) is 53.8 Å². The minimum absolute atomic E-state index is 0.395. The molecule has 1 aliphatic rings. The zero-order chi connectivity index (χ0) is 13.9. The van der Waals surface area contributed by atoms with Crippen LogP contribution in [0.25, 0.3) is 0 Å². The van der Waals surface area contributed by atoms with E-state index in [4.69, 9.17) is 10.5 Å². The molecule has 20 heavy (non-hydrogen) atoms. The standard InChI is InChI=1S/C16H19N3O/c1-19(14-6-2-12(17)3-7-14)15-8-4-13(5-9-15)18-10-16-11-20-16/h2-9,16,18H,10-11,17H2,1H3. The van der Waals surface area contributed by atoms with E-state index in [1.165, 1.54) is 0 Å². The molecule has 4 nitrogen and oxygen atoms in total. The number of nitrogens with two attached hydrogens (primary N) is 1. The Kier molecular flexibility index (Phi) is 3.48. The normalized spacial score (nSPS) is 16.8. The Morgan fingerprint density at radius 3 is 2.20 bits per heavy atom. The molecule has 0 bridgehead atoms. The first-order chi connectivity index (χ1) is 9.72. The summed E-state index contributed by atoms with van der Waals surface area (Å²) in [6, 6.07) is 16.3. The fourth-order valence-electron chi connectivity index (χ4n) is 2.07. The first-order valence-electron chi connectivity index (χ1n) is 6.77. The van der Waals surface area contributed by atoms with E-state index >= 15 is 0 Å². The highest BCUT2D eigenvalue weighted by Crippen LogP contribution is 2.25. The summed E-state index contributed by atoms with van der Waals surface area (Å²) in [5, 5.41) is 3.36. The van der Waals surface area contributed by atoms with E-state index in [-0.39, 0.29) is 0 Å². The van der Waals surface area contributed by atoms with Crippen molar-refractivity contribution in [1.82, 2.24) is 0 Å². The van der Waals surface area contributed by atoms with Crippen molar-refractivity contribution in [1.29, 1.82) is 0 Å². The largest absolute Gasteiger partial charge is 0.399 e. The van der Waals surface area contributed by atoms with Gasteiger partial charge in [0.15, 0.2) is 0 Å². The number of hydrogen-bond donors (Lipinski definition) is 2. The molecule has 0 aliphatic carbocycles. The summed E-state index contributed by atoms with van der Waals surface area (Å²) in [5.74, 6) is 0. The lowest BCUT2D eigenvalue weighted by atomic mass is 10.2. The first kappa shape index (κ1) is 12.8. The van der Waals surface area contributed by atoms with E-state index < -0.39 is 0 Å². The highest BCUT2D eigenvalue weighted by molar-refractivity contribution is 5.66. The van der Waals surface area contributed by atoms with Crippen LogP contribution in [0.4, 0.5) is 22.7 Å². The predicted octanol–water partition coefficient (Wildman–Crippen LogP) is 2.85. The van der Waals surface area contributed by atoms with Crippen LogP contribution in [0.5, 0.6) is 0 Å². The SMILES string of the molecule is CN(c1ccc(N)cc1)c1ccc(NCC2CO2)cc1. The van der Waals surface area contributed by atoms with Gasteiger partial charge in [0.25, 0.3) is 0 Å². The fourth-order valence-corrected chi connectivity index (χ4v) is 2.07. The Morgan fingerprint density at radius 2 is 1.65 bits per heavy atom. The van der Waals surface area contributed by atoms with Gasteiger partial charge in [-0.05, 0) is 48.5 Å². The minimum atomic E-state index is 0.395. The number of nitrogens with zero attached hydrogens (tertiary/aromatic N) is 1. The van der Waals surface area contributed by atoms with Crippen molar-refractivity contribution in [2.45, 2.75) is 6.10 Å². The summed E-state index contributed by atoms with van der Waals surface area (Å²) in [6.45, 7) is 1.76. The van der Waals surface area contributed by atoms with Crippen LogP contribution in [0, 0.1) is 0 Å². The lowest BCUT2D eigenvalue weighted by Crippen LogP contribution is -2.10. The molecule has 4 heteroatoms. The van der Waals surface area contributed by atoms with Crippen molar-refractivity contribution < 1.29 is 4.74 Å². The molecule has 3 rings (SSSR count). The van der Waals surface area contributed by atoms with Gasteiger partial charge in [0.1, 0.15) is 0 Å². The number of ether oxygens (including phenoxy) is 1. The van der Waals surface area contributed by atoms with Crippen molar-refractivity contribution >= 4 is 22.7 Å². The number of anilines is 4. The summed E-state index contributed by atoms with van der Waals surface area (Å²) in [6.07, 6.45) is 0.395.